The second-order valence-corrected chi connectivity index (χ2v) is 3.40. The van der Waals surface area contributed by atoms with Gasteiger partial charge in [0.15, 0.2) is 5.58 Å². The molecular weight excluding hydrogens is 182 g/mol. The van der Waals surface area contributed by atoms with E-state index in [1.165, 1.54) is 0 Å². The first-order chi connectivity index (χ1) is 6.84. The molecule has 1 aromatic carbocycles. The average molecular weight is 191 g/mol. The molecule has 1 fully saturated rings. The van der Waals surface area contributed by atoms with Crippen LogP contribution in [0.5, 0.6) is 0 Å². The molecule has 2 aromatic rings. The highest BCUT2D eigenvalue weighted by Gasteiger charge is 2.25. The van der Waals surface area contributed by atoms with Crippen molar-refractivity contribution in [1.82, 2.24) is 4.57 Å². The Kier molecular flexibility index (Phi) is 1.52. The zero-order valence-corrected chi connectivity index (χ0v) is 7.47. The molecule has 1 unspecified atom stereocenters. The number of epoxide rings is 1. The highest BCUT2D eigenvalue weighted by atomic mass is 16.6. The van der Waals surface area contributed by atoms with Crippen LogP contribution in [0, 0.1) is 0 Å². The van der Waals surface area contributed by atoms with Gasteiger partial charge < -0.3 is 9.15 Å². The maximum atomic E-state index is 11.4. The third-order valence-corrected chi connectivity index (χ3v) is 2.36. The second-order valence-electron chi connectivity index (χ2n) is 3.40. The Labute approximate surface area is 79.7 Å². The number of hydrogen-bond donors (Lipinski definition) is 0. The van der Waals surface area contributed by atoms with E-state index in [0.717, 1.165) is 12.1 Å². The van der Waals surface area contributed by atoms with Crippen LogP contribution in [0.2, 0.25) is 0 Å². The van der Waals surface area contributed by atoms with Crippen LogP contribution in [0.4, 0.5) is 0 Å². The Morgan fingerprint density at radius 1 is 1.43 bits per heavy atom. The molecule has 0 aliphatic carbocycles. The molecule has 1 aliphatic rings. The highest BCUT2D eigenvalue weighted by Crippen LogP contribution is 2.16. The van der Waals surface area contributed by atoms with Crippen molar-refractivity contribution in [2.75, 3.05) is 6.61 Å². The van der Waals surface area contributed by atoms with Gasteiger partial charge in [0.05, 0.1) is 24.8 Å². The number of hydrogen-bond acceptors (Lipinski definition) is 3. The number of fused-ring (bicyclic) bond motifs is 1. The van der Waals surface area contributed by atoms with Crippen LogP contribution in [0.15, 0.2) is 33.5 Å². The van der Waals surface area contributed by atoms with Gasteiger partial charge in [-0.25, -0.2) is 4.79 Å². The summed E-state index contributed by atoms with van der Waals surface area (Å²) in [5.74, 6) is -0.304. The summed E-state index contributed by atoms with van der Waals surface area (Å²) in [4.78, 5) is 11.4. The molecule has 3 rings (SSSR count). The van der Waals surface area contributed by atoms with Crippen molar-refractivity contribution < 1.29 is 9.15 Å². The summed E-state index contributed by atoms with van der Waals surface area (Å²) in [6.07, 6.45) is 0.189. The molecule has 1 aromatic heterocycles. The average Bonchev–Trinajstić information content (AvgIpc) is 2.93. The maximum Gasteiger partial charge on any atom is 0.420 e. The summed E-state index contributed by atoms with van der Waals surface area (Å²) in [5.41, 5.74) is 1.48. The van der Waals surface area contributed by atoms with Crippen molar-refractivity contribution in [3.8, 4) is 0 Å². The first-order valence-corrected chi connectivity index (χ1v) is 4.54. The summed E-state index contributed by atoms with van der Waals surface area (Å²) < 4.78 is 11.8. The van der Waals surface area contributed by atoms with Crippen LogP contribution in [0.1, 0.15) is 0 Å². The molecule has 0 bridgehead atoms. The van der Waals surface area contributed by atoms with Crippen LogP contribution in [0.3, 0.4) is 0 Å². The molecule has 0 spiro atoms. The Hall–Kier alpha value is -1.55. The van der Waals surface area contributed by atoms with Crippen molar-refractivity contribution in [3.63, 3.8) is 0 Å². The lowest BCUT2D eigenvalue weighted by molar-refractivity contribution is 0.374. The quantitative estimate of drug-likeness (QED) is 0.665. The van der Waals surface area contributed by atoms with Gasteiger partial charge in [-0.15, -0.1) is 0 Å². The lowest BCUT2D eigenvalue weighted by atomic mass is 10.3. The standard InChI is InChI=1S/C10H9NO3/c12-10-11(5-7-6-13-7)8-3-1-2-4-9(8)14-10/h1-4,7H,5-6H2. The topological polar surface area (TPSA) is 47.7 Å². The van der Waals surface area contributed by atoms with Crippen molar-refractivity contribution in [3.05, 3.63) is 34.8 Å². The van der Waals surface area contributed by atoms with Crippen LogP contribution in [-0.2, 0) is 11.3 Å². The molecule has 2 heterocycles. The zero-order chi connectivity index (χ0) is 9.54. The third-order valence-electron chi connectivity index (χ3n) is 2.36. The van der Waals surface area contributed by atoms with E-state index < -0.39 is 0 Å². The van der Waals surface area contributed by atoms with Gasteiger partial charge in [-0.2, -0.15) is 0 Å². The van der Waals surface area contributed by atoms with Crippen LogP contribution in [-0.4, -0.2) is 17.3 Å². The van der Waals surface area contributed by atoms with E-state index in [9.17, 15) is 4.79 Å². The van der Waals surface area contributed by atoms with Gasteiger partial charge >= 0.3 is 5.76 Å². The molecule has 0 saturated carbocycles. The fourth-order valence-electron chi connectivity index (χ4n) is 1.56. The number of nitrogens with zero attached hydrogens (tertiary/aromatic N) is 1. The second kappa shape index (κ2) is 2.72. The van der Waals surface area contributed by atoms with E-state index in [1.807, 2.05) is 18.2 Å². The molecule has 1 saturated heterocycles. The maximum absolute atomic E-state index is 11.4. The van der Waals surface area contributed by atoms with E-state index in [2.05, 4.69) is 0 Å². The summed E-state index contributed by atoms with van der Waals surface area (Å²) in [7, 11) is 0. The SMILES string of the molecule is O=c1oc2ccccc2n1CC1CO1. The fraction of sp³-hybridized carbons (Fsp3) is 0.300. The van der Waals surface area contributed by atoms with Gasteiger partial charge in [0.25, 0.3) is 0 Å². The van der Waals surface area contributed by atoms with Gasteiger partial charge in [0, 0.05) is 0 Å². The number of ether oxygens (including phenoxy) is 1. The van der Waals surface area contributed by atoms with Gasteiger partial charge in [-0.3, -0.25) is 4.57 Å². The number of benzene rings is 1. The molecule has 0 N–H and O–H groups in total. The van der Waals surface area contributed by atoms with Crippen LogP contribution >= 0.6 is 0 Å². The summed E-state index contributed by atoms with van der Waals surface area (Å²) in [6.45, 7) is 1.34. The third kappa shape index (κ3) is 1.15. The number of para-hydroxylation sites is 2. The summed E-state index contributed by atoms with van der Waals surface area (Å²) in [6, 6.07) is 7.41. The van der Waals surface area contributed by atoms with Crippen molar-refractivity contribution in [2.24, 2.45) is 0 Å². The number of aromatic nitrogens is 1. The van der Waals surface area contributed by atoms with Gasteiger partial charge in [-0.1, -0.05) is 12.1 Å². The first-order valence-electron chi connectivity index (χ1n) is 4.54. The normalized spacial score (nSPS) is 20.1. The fourth-order valence-corrected chi connectivity index (χ4v) is 1.56. The molecule has 4 nitrogen and oxygen atoms in total. The van der Waals surface area contributed by atoms with Crippen molar-refractivity contribution >= 4 is 11.1 Å². The van der Waals surface area contributed by atoms with Crippen molar-refractivity contribution in [1.29, 1.82) is 0 Å². The minimum absolute atomic E-state index is 0.189. The molecule has 14 heavy (non-hydrogen) atoms. The largest absolute Gasteiger partial charge is 0.420 e. The first kappa shape index (κ1) is 7.82. The van der Waals surface area contributed by atoms with E-state index in [0.29, 0.717) is 12.1 Å². The predicted molar refractivity (Wildman–Crippen MR) is 50.2 cm³/mol. The Morgan fingerprint density at radius 3 is 3.00 bits per heavy atom. The van der Waals surface area contributed by atoms with Crippen LogP contribution < -0.4 is 5.76 Å². The van der Waals surface area contributed by atoms with Gasteiger partial charge in [-0.05, 0) is 12.1 Å². The van der Waals surface area contributed by atoms with E-state index in [1.54, 1.807) is 10.6 Å². The lowest BCUT2D eigenvalue weighted by Gasteiger charge is -1.96. The van der Waals surface area contributed by atoms with Crippen molar-refractivity contribution in [2.45, 2.75) is 12.6 Å². The monoisotopic (exact) mass is 191 g/mol. The smallest absolute Gasteiger partial charge is 0.408 e. The summed E-state index contributed by atoms with van der Waals surface area (Å²) >= 11 is 0. The minimum Gasteiger partial charge on any atom is -0.408 e. The molecular formula is C10H9NO3. The zero-order valence-electron chi connectivity index (χ0n) is 7.47. The molecule has 4 heteroatoms. The molecule has 1 atom stereocenters. The number of oxazole rings is 1. The summed E-state index contributed by atoms with van der Waals surface area (Å²) in [5, 5.41) is 0. The predicted octanol–water partition coefficient (Wildman–Crippen LogP) is 0.993. The van der Waals surface area contributed by atoms with Crippen LogP contribution in [0.25, 0.3) is 11.1 Å². The Bertz CT molecular complexity index is 521. The van der Waals surface area contributed by atoms with Gasteiger partial charge in [0.2, 0.25) is 0 Å². The van der Waals surface area contributed by atoms with E-state index in [4.69, 9.17) is 9.15 Å². The molecule has 0 amide bonds. The molecule has 0 radical (unpaired) electrons. The Balaban J connectivity index is 2.18. The molecule has 1 aliphatic heterocycles. The highest BCUT2D eigenvalue weighted by molar-refractivity contribution is 5.72. The van der Waals surface area contributed by atoms with Gasteiger partial charge in [0.1, 0.15) is 0 Å². The van der Waals surface area contributed by atoms with E-state index >= 15 is 0 Å². The lowest BCUT2D eigenvalue weighted by Crippen LogP contribution is -2.17. The minimum atomic E-state index is -0.304. The molecule has 72 valence electrons. The Morgan fingerprint density at radius 2 is 2.21 bits per heavy atom. The van der Waals surface area contributed by atoms with E-state index in [-0.39, 0.29) is 11.9 Å². The number of rotatable bonds is 2.